The summed E-state index contributed by atoms with van der Waals surface area (Å²) in [5.41, 5.74) is 6.06. The number of nitrogens with one attached hydrogen (secondary N) is 1. The molecule has 0 heterocycles. The van der Waals surface area contributed by atoms with E-state index in [4.69, 9.17) is 5.73 Å². The normalized spacial score (nSPS) is 18.2. The quantitative estimate of drug-likeness (QED) is 0.640. The van der Waals surface area contributed by atoms with E-state index in [0.29, 0.717) is 6.42 Å². The molecule has 0 aromatic rings. The zero-order valence-corrected chi connectivity index (χ0v) is 13.2. The van der Waals surface area contributed by atoms with Gasteiger partial charge in [0.05, 0.1) is 0 Å². The number of nitrogens with two attached hydrogens (primary N) is 1. The lowest BCUT2D eigenvalue weighted by atomic mass is 9.80. The summed E-state index contributed by atoms with van der Waals surface area (Å²) in [4.78, 5) is 11.9. The van der Waals surface area contributed by atoms with Crippen LogP contribution in [-0.2, 0) is 4.79 Å². The fourth-order valence-corrected chi connectivity index (χ4v) is 3.26. The summed E-state index contributed by atoms with van der Waals surface area (Å²) in [6.07, 6.45) is 13.2. The average Bonchev–Trinajstić information content (AvgIpc) is 2.38. The molecule has 0 unspecified atom stereocenters. The Kier molecular flexibility index (Phi) is 8.55. The largest absolute Gasteiger partial charge is 0.356 e. The second kappa shape index (κ2) is 9.65. The molecule has 4 heteroatoms. The van der Waals surface area contributed by atoms with Gasteiger partial charge in [-0.05, 0) is 37.7 Å². The molecule has 19 heavy (non-hydrogen) atoms. The lowest BCUT2D eigenvalue weighted by molar-refractivity contribution is -0.122. The van der Waals surface area contributed by atoms with Crippen LogP contribution in [0.15, 0.2) is 0 Å². The van der Waals surface area contributed by atoms with Crippen molar-refractivity contribution in [3.8, 4) is 0 Å². The van der Waals surface area contributed by atoms with Crippen LogP contribution in [0.4, 0.5) is 0 Å². The highest BCUT2D eigenvalue weighted by atomic mass is 32.2. The fourth-order valence-electron chi connectivity index (χ4n) is 2.77. The van der Waals surface area contributed by atoms with Crippen LogP contribution in [0, 0.1) is 0 Å². The first-order valence-electron chi connectivity index (χ1n) is 7.71. The van der Waals surface area contributed by atoms with Gasteiger partial charge in [0.2, 0.25) is 5.91 Å². The molecule has 0 radical (unpaired) electrons. The Hall–Kier alpha value is -0.220. The zero-order chi connectivity index (χ0) is 14.0. The molecule has 0 aromatic carbocycles. The van der Waals surface area contributed by atoms with Gasteiger partial charge in [-0.15, -0.1) is 0 Å². The standard InChI is InChI=1S/C15H30N2OS/c1-19-12-8-3-2-7-11-17-14(18)13-15(16)9-5-4-6-10-15/h2-13,16H2,1H3,(H,17,18). The van der Waals surface area contributed by atoms with Gasteiger partial charge in [0.25, 0.3) is 0 Å². The maximum atomic E-state index is 11.9. The van der Waals surface area contributed by atoms with Crippen molar-refractivity contribution in [1.29, 1.82) is 0 Å². The second-order valence-electron chi connectivity index (χ2n) is 5.86. The summed E-state index contributed by atoms with van der Waals surface area (Å²) in [5.74, 6) is 1.40. The van der Waals surface area contributed by atoms with Crippen molar-refractivity contribution in [2.75, 3.05) is 18.6 Å². The van der Waals surface area contributed by atoms with E-state index in [2.05, 4.69) is 11.6 Å². The smallest absolute Gasteiger partial charge is 0.221 e. The van der Waals surface area contributed by atoms with Gasteiger partial charge in [-0.25, -0.2) is 0 Å². The molecule has 1 saturated carbocycles. The number of amides is 1. The molecule has 0 aliphatic heterocycles. The molecule has 1 amide bonds. The first-order valence-corrected chi connectivity index (χ1v) is 9.10. The SMILES string of the molecule is CSCCCCCCNC(=O)CC1(N)CCCCC1. The molecular formula is C15H30N2OS. The molecule has 0 aromatic heterocycles. The van der Waals surface area contributed by atoms with Crippen molar-refractivity contribution >= 4 is 17.7 Å². The summed E-state index contributed by atoms with van der Waals surface area (Å²) in [5, 5.41) is 3.02. The summed E-state index contributed by atoms with van der Waals surface area (Å²) in [6, 6.07) is 0. The third kappa shape index (κ3) is 7.83. The minimum Gasteiger partial charge on any atom is -0.356 e. The molecular weight excluding hydrogens is 256 g/mol. The van der Waals surface area contributed by atoms with Crippen LogP contribution in [0.5, 0.6) is 0 Å². The maximum absolute atomic E-state index is 11.9. The number of thioether (sulfide) groups is 1. The molecule has 1 aliphatic rings. The minimum atomic E-state index is -0.222. The van der Waals surface area contributed by atoms with E-state index < -0.39 is 0 Å². The third-order valence-corrected chi connectivity index (χ3v) is 4.66. The van der Waals surface area contributed by atoms with Gasteiger partial charge in [0, 0.05) is 18.5 Å². The number of rotatable bonds is 9. The van der Waals surface area contributed by atoms with Crippen LogP contribution in [0.2, 0.25) is 0 Å². The Morgan fingerprint density at radius 2 is 1.84 bits per heavy atom. The molecule has 0 saturated heterocycles. The summed E-state index contributed by atoms with van der Waals surface area (Å²) in [6.45, 7) is 0.814. The van der Waals surface area contributed by atoms with Gasteiger partial charge in [-0.2, -0.15) is 11.8 Å². The Bertz CT molecular complexity index is 253. The lowest BCUT2D eigenvalue weighted by Gasteiger charge is -2.32. The highest BCUT2D eigenvalue weighted by molar-refractivity contribution is 7.98. The van der Waals surface area contributed by atoms with Gasteiger partial charge in [-0.3, -0.25) is 4.79 Å². The molecule has 1 rings (SSSR count). The van der Waals surface area contributed by atoms with Crippen LogP contribution >= 0.6 is 11.8 Å². The topological polar surface area (TPSA) is 55.1 Å². The Balaban J connectivity index is 2.01. The third-order valence-electron chi connectivity index (χ3n) is 3.96. The van der Waals surface area contributed by atoms with Gasteiger partial charge in [0.15, 0.2) is 0 Å². The molecule has 0 bridgehead atoms. The molecule has 3 nitrogen and oxygen atoms in total. The van der Waals surface area contributed by atoms with Crippen molar-refractivity contribution in [1.82, 2.24) is 5.32 Å². The highest BCUT2D eigenvalue weighted by Crippen LogP contribution is 2.28. The van der Waals surface area contributed by atoms with E-state index in [1.165, 1.54) is 44.3 Å². The van der Waals surface area contributed by atoms with E-state index in [1.807, 2.05) is 11.8 Å². The van der Waals surface area contributed by atoms with Gasteiger partial charge in [0.1, 0.15) is 0 Å². The van der Waals surface area contributed by atoms with Crippen LogP contribution in [0.1, 0.15) is 64.2 Å². The maximum Gasteiger partial charge on any atom is 0.221 e. The molecule has 3 N–H and O–H groups in total. The van der Waals surface area contributed by atoms with Crippen LogP contribution in [0.25, 0.3) is 0 Å². The van der Waals surface area contributed by atoms with Crippen molar-refractivity contribution in [2.45, 2.75) is 69.7 Å². The molecule has 1 aliphatic carbocycles. The number of carbonyl (C=O) groups excluding carboxylic acids is 1. The van der Waals surface area contributed by atoms with E-state index in [0.717, 1.165) is 25.8 Å². The zero-order valence-electron chi connectivity index (χ0n) is 12.4. The fraction of sp³-hybridized carbons (Fsp3) is 0.933. The number of unbranched alkanes of at least 4 members (excludes halogenated alkanes) is 3. The Labute approximate surface area is 122 Å². The first kappa shape index (κ1) is 16.8. The van der Waals surface area contributed by atoms with Gasteiger partial charge >= 0.3 is 0 Å². The summed E-state index contributed by atoms with van der Waals surface area (Å²) in [7, 11) is 0. The summed E-state index contributed by atoms with van der Waals surface area (Å²) < 4.78 is 0. The van der Waals surface area contributed by atoms with Crippen LogP contribution in [0.3, 0.4) is 0 Å². The predicted octanol–water partition coefficient (Wildman–Crippen LogP) is 3.08. The molecule has 0 atom stereocenters. The number of carbonyl (C=O) groups is 1. The lowest BCUT2D eigenvalue weighted by Crippen LogP contribution is -2.46. The average molecular weight is 286 g/mol. The monoisotopic (exact) mass is 286 g/mol. The van der Waals surface area contributed by atoms with Crippen molar-refractivity contribution in [2.24, 2.45) is 5.73 Å². The van der Waals surface area contributed by atoms with E-state index in [9.17, 15) is 4.79 Å². The van der Waals surface area contributed by atoms with E-state index in [1.54, 1.807) is 0 Å². The second-order valence-corrected chi connectivity index (χ2v) is 6.84. The van der Waals surface area contributed by atoms with Crippen molar-refractivity contribution in [3.05, 3.63) is 0 Å². The molecule has 1 fully saturated rings. The van der Waals surface area contributed by atoms with Crippen LogP contribution < -0.4 is 11.1 Å². The summed E-state index contributed by atoms with van der Waals surface area (Å²) >= 11 is 1.91. The highest BCUT2D eigenvalue weighted by Gasteiger charge is 2.29. The van der Waals surface area contributed by atoms with Crippen molar-refractivity contribution in [3.63, 3.8) is 0 Å². The Morgan fingerprint density at radius 3 is 2.53 bits per heavy atom. The number of hydrogen-bond donors (Lipinski definition) is 2. The predicted molar refractivity (Wildman–Crippen MR) is 84.5 cm³/mol. The van der Waals surface area contributed by atoms with Crippen molar-refractivity contribution < 1.29 is 4.79 Å². The first-order chi connectivity index (χ1) is 9.16. The molecule has 0 spiro atoms. The van der Waals surface area contributed by atoms with Gasteiger partial charge in [-0.1, -0.05) is 32.1 Å². The van der Waals surface area contributed by atoms with Gasteiger partial charge < -0.3 is 11.1 Å². The number of hydrogen-bond acceptors (Lipinski definition) is 3. The van der Waals surface area contributed by atoms with E-state index >= 15 is 0 Å². The van der Waals surface area contributed by atoms with E-state index in [-0.39, 0.29) is 11.4 Å². The minimum absolute atomic E-state index is 0.147. The Morgan fingerprint density at radius 1 is 1.16 bits per heavy atom. The molecule has 112 valence electrons. The van der Waals surface area contributed by atoms with Crippen LogP contribution in [-0.4, -0.2) is 30.0 Å².